The lowest BCUT2D eigenvalue weighted by Crippen LogP contribution is -1.90. The van der Waals surface area contributed by atoms with Crippen LogP contribution in [0.4, 0.5) is 4.39 Å². The predicted molar refractivity (Wildman–Crippen MR) is 52.0 cm³/mol. The number of aliphatic hydroxyl groups is 1. The molecule has 1 fully saturated rings. The van der Waals surface area contributed by atoms with Gasteiger partial charge in [-0.25, -0.2) is 4.39 Å². The van der Waals surface area contributed by atoms with Crippen molar-refractivity contribution in [3.05, 3.63) is 34.1 Å². The number of rotatable bonds is 2. The Morgan fingerprint density at radius 2 is 2.31 bits per heavy atom. The zero-order valence-corrected chi connectivity index (χ0v) is 8.59. The maximum atomic E-state index is 12.7. The molecule has 1 nitrogen and oxygen atoms in total. The van der Waals surface area contributed by atoms with Gasteiger partial charge in [-0.05, 0) is 36.0 Å². The Morgan fingerprint density at radius 3 is 2.85 bits per heavy atom. The van der Waals surface area contributed by atoms with Crippen LogP contribution in [0.1, 0.15) is 17.9 Å². The Kier molecular flexibility index (Phi) is 2.39. The Balaban J connectivity index is 2.22. The molecule has 13 heavy (non-hydrogen) atoms. The first-order valence-corrected chi connectivity index (χ1v) is 5.07. The highest BCUT2D eigenvalue weighted by Crippen LogP contribution is 2.49. The molecule has 1 saturated carbocycles. The molecule has 1 aliphatic carbocycles. The number of hydrogen-bond acceptors (Lipinski definition) is 1. The van der Waals surface area contributed by atoms with E-state index in [-0.39, 0.29) is 12.4 Å². The van der Waals surface area contributed by atoms with Crippen molar-refractivity contribution in [2.45, 2.75) is 12.3 Å². The maximum absolute atomic E-state index is 12.7. The maximum Gasteiger partial charge on any atom is 0.124 e. The van der Waals surface area contributed by atoms with Gasteiger partial charge in [0, 0.05) is 11.1 Å². The summed E-state index contributed by atoms with van der Waals surface area (Å²) in [5.41, 5.74) is 1.11. The molecule has 0 bridgehead atoms. The summed E-state index contributed by atoms with van der Waals surface area (Å²) in [5.74, 6) is 0.568. The first-order chi connectivity index (χ1) is 6.22. The van der Waals surface area contributed by atoms with E-state index in [1.807, 2.05) is 0 Å². The van der Waals surface area contributed by atoms with Gasteiger partial charge in [0.2, 0.25) is 0 Å². The van der Waals surface area contributed by atoms with Crippen LogP contribution >= 0.6 is 15.9 Å². The zero-order chi connectivity index (χ0) is 9.42. The number of hydrogen-bond donors (Lipinski definition) is 1. The summed E-state index contributed by atoms with van der Waals surface area (Å²) in [4.78, 5) is 0. The predicted octanol–water partition coefficient (Wildman–Crippen LogP) is 2.68. The molecule has 0 heterocycles. The van der Waals surface area contributed by atoms with Crippen molar-refractivity contribution in [3.8, 4) is 0 Å². The summed E-state index contributed by atoms with van der Waals surface area (Å²) in [6.07, 6.45) is 1.01. The van der Waals surface area contributed by atoms with Gasteiger partial charge in [-0.1, -0.05) is 22.0 Å². The third-order valence-corrected chi connectivity index (χ3v) is 3.21. The molecular formula is C10H10BrFO. The summed E-state index contributed by atoms with van der Waals surface area (Å²) < 4.78 is 13.5. The van der Waals surface area contributed by atoms with E-state index < -0.39 is 0 Å². The van der Waals surface area contributed by atoms with Crippen LogP contribution in [0.2, 0.25) is 0 Å². The first-order valence-electron chi connectivity index (χ1n) is 4.28. The Morgan fingerprint density at radius 1 is 1.54 bits per heavy atom. The summed E-state index contributed by atoms with van der Waals surface area (Å²) in [7, 11) is 0. The van der Waals surface area contributed by atoms with Gasteiger partial charge in [0.15, 0.2) is 0 Å². The van der Waals surface area contributed by atoms with Gasteiger partial charge in [0.05, 0.1) is 0 Å². The molecule has 1 aromatic rings. The highest BCUT2D eigenvalue weighted by Gasteiger charge is 2.38. The summed E-state index contributed by atoms with van der Waals surface area (Å²) in [6.45, 7) is 0.231. The second-order valence-electron chi connectivity index (χ2n) is 3.45. The van der Waals surface area contributed by atoms with E-state index in [0.29, 0.717) is 11.8 Å². The van der Waals surface area contributed by atoms with E-state index in [1.165, 1.54) is 12.1 Å². The summed E-state index contributed by atoms with van der Waals surface area (Å²) in [6, 6.07) is 4.73. The minimum absolute atomic E-state index is 0.225. The molecule has 0 radical (unpaired) electrons. The highest BCUT2D eigenvalue weighted by molar-refractivity contribution is 9.10. The largest absolute Gasteiger partial charge is 0.396 e. The lowest BCUT2D eigenvalue weighted by molar-refractivity contribution is 0.274. The van der Waals surface area contributed by atoms with Crippen LogP contribution in [0.3, 0.4) is 0 Å². The Hall–Kier alpha value is -0.410. The molecule has 0 saturated heterocycles. The number of halogens is 2. The number of aliphatic hydroxyl groups excluding tert-OH is 1. The third-order valence-electron chi connectivity index (χ3n) is 2.52. The lowest BCUT2D eigenvalue weighted by Gasteiger charge is -2.02. The molecule has 0 spiro atoms. The van der Waals surface area contributed by atoms with Gasteiger partial charge >= 0.3 is 0 Å². The van der Waals surface area contributed by atoms with Crippen LogP contribution in [-0.2, 0) is 0 Å². The van der Waals surface area contributed by atoms with Gasteiger partial charge in [-0.15, -0.1) is 0 Å². The van der Waals surface area contributed by atoms with Crippen LogP contribution in [0.25, 0.3) is 0 Å². The van der Waals surface area contributed by atoms with E-state index in [2.05, 4.69) is 15.9 Å². The van der Waals surface area contributed by atoms with Gasteiger partial charge in [0.1, 0.15) is 5.82 Å². The molecule has 3 heteroatoms. The standard InChI is InChI=1S/C10H10BrFO/c11-10-4-7(12)1-2-8(10)9-3-6(9)5-13/h1-2,4,6,9,13H,3,5H2. The fourth-order valence-electron chi connectivity index (χ4n) is 1.63. The van der Waals surface area contributed by atoms with Crippen LogP contribution in [0, 0.1) is 11.7 Å². The fourth-order valence-corrected chi connectivity index (χ4v) is 2.28. The van der Waals surface area contributed by atoms with E-state index >= 15 is 0 Å². The second-order valence-corrected chi connectivity index (χ2v) is 4.31. The van der Waals surface area contributed by atoms with Gasteiger partial charge in [-0.3, -0.25) is 0 Å². The average molecular weight is 245 g/mol. The van der Waals surface area contributed by atoms with Crippen molar-refractivity contribution in [1.82, 2.24) is 0 Å². The fraction of sp³-hybridized carbons (Fsp3) is 0.400. The minimum atomic E-state index is -0.225. The lowest BCUT2D eigenvalue weighted by atomic mass is 10.1. The molecular weight excluding hydrogens is 235 g/mol. The van der Waals surface area contributed by atoms with Crippen LogP contribution in [0.5, 0.6) is 0 Å². The average Bonchev–Trinajstić information content (AvgIpc) is 2.83. The molecule has 1 N–H and O–H groups in total. The molecule has 2 atom stereocenters. The molecule has 1 aromatic carbocycles. The van der Waals surface area contributed by atoms with Crippen LogP contribution < -0.4 is 0 Å². The van der Waals surface area contributed by atoms with Crippen molar-refractivity contribution < 1.29 is 9.50 Å². The van der Waals surface area contributed by atoms with Crippen LogP contribution in [-0.4, -0.2) is 11.7 Å². The molecule has 1 aliphatic rings. The van der Waals surface area contributed by atoms with Crippen molar-refractivity contribution >= 4 is 15.9 Å². The van der Waals surface area contributed by atoms with Crippen molar-refractivity contribution in [2.75, 3.05) is 6.61 Å². The molecule has 2 rings (SSSR count). The Labute approximate surface area is 84.7 Å². The van der Waals surface area contributed by atoms with Crippen molar-refractivity contribution in [1.29, 1.82) is 0 Å². The second kappa shape index (κ2) is 3.39. The highest BCUT2D eigenvalue weighted by atomic mass is 79.9. The van der Waals surface area contributed by atoms with Crippen molar-refractivity contribution in [2.24, 2.45) is 5.92 Å². The molecule has 2 unspecified atom stereocenters. The monoisotopic (exact) mass is 244 g/mol. The van der Waals surface area contributed by atoms with Gasteiger partial charge in [0.25, 0.3) is 0 Å². The van der Waals surface area contributed by atoms with E-state index in [4.69, 9.17) is 5.11 Å². The van der Waals surface area contributed by atoms with Gasteiger partial charge in [-0.2, -0.15) is 0 Å². The Bertz CT molecular complexity index is 327. The summed E-state index contributed by atoms with van der Waals surface area (Å²) >= 11 is 3.32. The smallest absolute Gasteiger partial charge is 0.124 e. The molecule has 0 aliphatic heterocycles. The summed E-state index contributed by atoms with van der Waals surface area (Å²) in [5, 5.41) is 8.89. The molecule has 70 valence electrons. The third kappa shape index (κ3) is 1.76. The topological polar surface area (TPSA) is 20.2 Å². The van der Waals surface area contributed by atoms with Gasteiger partial charge < -0.3 is 5.11 Å². The van der Waals surface area contributed by atoms with Crippen LogP contribution in [0.15, 0.2) is 22.7 Å². The molecule has 0 amide bonds. The van der Waals surface area contributed by atoms with Crippen molar-refractivity contribution in [3.63, 3.8) is 0 Å². The SMILES string of the molecule is OCC1CC1c1ccc(F)cc1Br. The normalized spacial score (nSPS) is 26.1. The van der Waals surface area contributed by atoms with E-state index in [9.17, 15) is 4.39 Å². The molecule has 0 aromatic heterocycles. The quantitative estimate of drug-likeness (QED) is 0.849. The minimum Gasteiger partial charge on any atom is -0.396 e. The van der Waals surface area contributed by atoms with E-state index in [1.54, 1.807) is 6.07 Å². The zero-order valence-electron chi connectivity index (χ0n) is 7.00. The van der Waals surface area contributed by atoms with E-state index in [0.717, 1.165) is 16.5 Å². The number of benzene rings is 1. The first kappa shape index (κ1) is 9.16.